The average Bonchev–Trinajstić information content (AvgIpc) is 3.51. The molecule has 0 spiro atoms. The summed E-state index contributed by atoms with van der Waals surface area (Å²) in [4.78, 5) is 31.3. The van der Waals surface area contributed by atoms with E-state index >= 15 is 0 Å². The predicted molar refractivity (Wildman–Crippen MR) is 138 cm³/mol. The number of carbonyl (C=O) groups excluding carboxylic acids is 2. The highest BCUT2D eigenvalue weighted by Gasteiger charge is 2.13. The molecule has 0 atom stereocenters. The highest BCUT2D eigenvalue weighted by molar-refractivity contribution is 6.03. The van der Waals surface area contributed by atoms with Crippen LogP contribution in [-0.2, 0) is 11.2 Å². The molecule has 0 aliphatic carbocycles. The van der Waals surface area contributed by atoms with Crippen LogP contribution in [0.4, 0.5) is 4.39 Å². The maximum atomic E-state index is 13.5. The van der Waals surface area contributed by atoms with E-state index in [1.807, 2.05) is 48.8 Å². The SMILES string of the molecule is COc1ccc(-c2c[nH]c3ccc(C(=O)NCC(=O)NCCc4c[nH]c5ccc(F)cc45)cc23)cc1. The molecule has 4 N–H and O–H groups in total. The van der Waals surface area contributed by atoms with Crippen LogP contribution >= 0.6 is 0 Å². The summed E-state index contributed by atoms with van der Waals surface area (Å²) in [5.74, 6) is -0.159. The molecule has 0 unspecified atom stereocenters. The van der Waals surface area contributed by atoms with Gasteiger partial charge in [-0.25, -0.2) is 4.39 Å². The van der Waals surface area contributed by atoms with Gasteiger partial charge >= 0.3 is 0 Å². The molecule has 2 amide bonds. The van der Waals surface area contributed by atoms with E-state index in [1.54, 1.807) is 19.2 Å². The van der Waals surface area contributed by atoms with Gasteiger partial charge in [0.1, 0.15) is 11.6 Å². The summed E-state index contributed by atoms with van der Waals surface area (Å²) in [7, 11) is 1.62. The standard InChI is InChI=1S/C28H25FN4O3/c1-36-21-6-2-17(3-7-21)24-15-32-26-8-4-18(12-23(24)26)28(35)33-16-27(34)30-11-10-19-14-31-25-9-5-20(29)13-22(19)25/h2-9,12-15,31-32H,10-11,16H2,1H3,(H,30,34)(H,33,35). The van der Waals surface area contributed by atoms with E-state index in [4.69, 9.17) is 4.74 Å². The Hall–Kier alpha value is -4.59. The minimum absolute atomic E-state index is 0.141. The van der Waals surface area contributed by atoms with Crippen molar-refractivity contribution in [1.29, 1.82) is 0 Å². The van der Waals surface area contributed by atoms with E-state index in [1.165, 1.54) is 12.1 Å². The number of fused-ring (bicyclic) bond motifs is 2. The Labute approximate surface area is 206 Å². The Bertz CT molecular complexity index is 1550. The van der Waals surface area contributed by atoms with E-state index in [0.29, 0.717) is 18.5 Å². The fourth-order valence-corrected chi connectivity index (χ4v) is 4.29. The van der Waals surface area contributed by atoms with Gasteiger partial charge in [0.2, 0.25) is 5.91 Å². The van der Waals surface area contributed by atoms with E-state index in [9.17, 15) is 14.0 Å². The highest BCUT2D eigenvalue weighted by atomic mass is 19.1. The van der Waals surface area contributed by atoms with E-state index in [2.05, 4.69) is 20.6 Å². The minimum atomic E-state index is -0.332. The first-order valence-electron chi connectivity index (χ1n) is 11.6. The van der Waals surface area contributed by atoms with Crippen LogP contribution < -0.4 is 15.4 Å². The average molecular weight is 485 g/mol. The largest absolute Gasteiger partial charge is 0.497 e. The van der Waals surface area contributed by atoms with Gasteiger partial charge in [0.25, 0.3) is 5.91 Å². The highest BCUT2D eigenvalue weighted by Crippen LogP contribution is 2.30. The summed E-state index contributed by atoms with van der Waals surface area (Å²) < 4.78 is 18.8. The molecule has 5 rings (SSSR count). The number of hydrogen-bond donors (Lipinski definition) is 4. The number of carbonyl (C=O) groups is 2. The Morgan fingerprint density at radius 1 is 0.889 bits per heavy atom. The molecular formula is C28H25FN4O3. The Kier molecular flexibility index (Phi) is 6.40. The molecule has 0 saturated carbocycles. The van der Waals surface area contributed by atoms with Crippen LogP contribution in [0.5, 0.6) is 5.75 Å². The van der Waals surface area contributed by atoms with Crippen molar-refractivity contribution < 1.29 is 18.7 Å². The van der Waals surface area contributed by atoms with Crippen LogP contribution in [-0.4, -0.2) is 42.0 Å². The second-order valence-corrected chi connectivity index (χ2v) is 8.48. The van der Waals surface area contributed by atoms with Gasteiger partial charge in [-0.1, -0.05) is 12.1 Å². The Balaban J connectivity index is 1.18. The summed E-state index contributed by atoms with van der Waals surface area (Å²) in [5.41, 5.74) is 5.10. The molecule has 36 heavy (non-hydrogen) atoms. The lowest BCUT2D eigenvalue weighted by atomic mass is 10.0. The first-order chi connectivity index (χ1) is 17.5. The molecule has 2 aromatic heterocycles. The maximum absolute atomic E-state index is 13.5. The van der Waals surface area contributed by atoms with Gasteiger partial charge in [-0.05, 0) is 66.1 Å². The smallest absolute Gasteiger partial charge is 0.251 e. The molecule has 3 aromatic carbocycles. The summed E-state index contributed by atoms with van der Waals surface area (Å²) in [5, 5.41) is 7.18. The quantitative estimate of drug-likeness (QED) is 0.260. The number of hydrogen-bond acceptors (Lipinski definition) is 3. The lowest BCUT2D eigenvalue weighted by Crippen LogP contribution is -2.37. The number of aromatic amines is 2. The number of aromatic nitrogens is 2. The molecule has 0 aliphatic rings. The fourth-order valence-electron chi connectivity index (χ4n) is 4.29. The third kappa shape index (κ3) is 4.79. The van der Waals surface area contributed by atoms with Gasteiger partial charge in [0.05, 0.1) is 13.7 Å². The lowest BCUT2D eigenvalue weighted by Gasteiger charge is -2.08. The number of nitrogens with one attached hydrogen (secondary N) is 4. The van der Waals surface area contributed by atoms with Gasteiger partial charge in [-0.2, -0.15) is 0 Å². The van der Waals surface area contributed by atoms with Gasteiger partial charge in [-0.15, -0.1) is 0 Å². The molecular weight excluding hydrogens is 459 g/mol. The van der Waals surface area contributed by atoms with Crippen LogP contribution in [0.1, 0.15) is 15.9 Å². The van der Waals surface area contributed by atoms with Gasteiger partial charge < -0.3 is 25.3 Å². The van der Waals surface area contributed by atoms with Crippen LogP contribution in [0.3, 0.4) is 0 Å². The summed E-state index contributed by atoms with van der Waals surface area (Å²) in [6.07, 6.45) is 4.26. The number of ether oxygens (including phenoxy) is 1. The van der Waals surface area contributed by atoms with Crippen LogP contribution in [0.15, 0.2) is 73.1 Å². The zero-order valence-electron chi connectivity index (χ0n) is 19.7. The molecule has 8 heteroatoms. The molecule has 0 radical (unpaired) electrons. The number of amides is 2. The monoisotopic (exact) mass is 484 g/mol. The molecule has 0 saturated heterocycles. The van der Waals surface area contributed by atoms with E-state index in [-0.39, 0.29) is 24.2 Å². The molecule has 0 bridgehead atoms. The van der Waals surface area contributed by atoms with Crippen molar-refractivity contribution in [3.05, 3.63) is 90.0 Å². The van der Waals surface area contributed by atoms with Crippen LogP contribution in [0, 0.1) is 5.82 Å². The maximum Gasteiger partial charge on any atom is 0.251 e. The Morgan fingerprint density at radius 3 is 2.44 bits per heavy atom. The molecule has 0 fully saturated rings. The molecule has 2 heterocycles. The number of benzene rings is 3. The van der Waals surface area contributed by atoms with Crippen molar-refractivity contribution in [2.75, 3.05) is 20.2 Å². The molecule has 182 valence electrons. The molecule has 5 aromatic rings. The number of halogens is 1. The zero-order valence-corrected chi connectivity index (χ0v) is 19.7. The van der Waals surface area contributed by atoms with Crippen molar-refractivity contribution in [3.63, 3.8) is 0 Å². The van der Waals surface area contributed by atoms with Crippen LogP contribution in [0.25, 0.3) is 32.9 Å². The van der Waals surface area contributed by atoms with Gasteiger partial charge in [0, 0.05) is 51.9 Å². The van der Waals surface area contributed by atoms with Crippen molar-refractivity contribution >= 4 is 33.6 Å². The first kappa shape index (κ1) is 23.2. The number of rotatable bonds is 8. The van der Waals surface area contributed by atoms with E-state index < -0.39 is 0 Å². The first-order valence-corrected chi connectivity index (χ1v) is 11.6. The van der Waals surface area contributed by atoms with Crippen molar-refractivity contribution in [3.8, 4) is 16.9 Å². The summed E-state index contributed by atoms with van der Waals surface area (Å²) >= 11 is 0. The normalized spacial score (nSPS) is 11.1. The predicted octanol–water partition coefficient (Wildman–Crippen LogP) is 4.55. The van der Waals surface area contributed by atoms with Crippen molar-refractivity contribution in [2.45, 2.75) is 6.42 Å². The third-order valence-corrected chi connectivity index (χ3v) is 6.20. The van der Waals surface area contributed by atoms with Gasteiger partial charge in [-0.3, -0.25) is 9.59 Å². The fraction of sp³-hybridized carbons (Fsp3) is 0.143. The molecule has 0 aliphatic heterocycles. The van der Waals surface area contributed by atoms with Crippen LogP contribution in [0.2, 0.25) is 0 Å². The number of H-pyrrole nitrogens is 2. The third-order valence-electron chi connectivity index (χ3n) is 6.20. The zero-order chi connectivity index (χ0) is 25.1. The summed E-state index contributed by atoms with van der Waals surface area (Å²) in [6, 6.07) is 17.7. The topological polar surface area (TPSA) is 99.0 Å². The lowest BCUT2D eigenvalue weighted by molar-refractivity contribution is -0.120. The molecule has 7 nitrogen and oxygen atoms in total. The second-order valence-electron chi connectivity index (χ2n) is 8.48. The Morgan fingerprint density at radius 2 is 1.64 bits per heavy atom. The van der Waals surface area contributed by atoms with Crippen molar-refractivity contribution in [2.24, 2.45) is 0 Å². The second kappa shape index (κ2) is 9.95. The van der Waals surface area contributed by atoms with Crippen molar-refractivity contribution in [1.82, 2.24) is 20.6 Å². The number of methoxy groups -OCH3 is 1. The van der Waals surface area contributed by atoms with E-state index in [0.717, 1.165) is 44.2 Å². The minimum Gasteiger partial charge on any atom is -0.497 e. The van der Waals surface area contributed by atoms with Gasteiger partial charge in [0.15, 0.2) is 0 Å². The summed E-state index contributed by atoms with van der Waals surface area (Å²) in [6.45, 7) is 0.233.